The SMILES string of the molecule is CC(C)CCCCNCC(O)CN1CCCC1. The maximum Gasteiger partial charge on any atom is 0.0791 e. The van der Waals surface area contributed by atoms with Crippen LogP contribution in [0.1, 0.15) is 46.0 Å². The maximum absolute atomic E-state index is 9.85. The fourth-order valence-electron chi connectivity index (χ4n) is 2.40. The molecule has 1 fully saturated rings. The van der Waals surface area contributed by atoms with Gasteiger partial charge in [0.2, 0.25) is 0 Å². The van der Waals surface area contributed by atoms with Gasteiger partial charge in [-0.05, 0) is 44.8 Å². The van der Waals surface area contributed by atoms with Crippen molar-refractivity contribution in [2.75, 3.05) is 32.7 Å². The van der Waals surface area contributed by atoms with Gasteiger partial charge in [-0.1, -0.05) is 26.7 Å². The summed E-state index contributed by atoms with van der Waals surface area (Å²) in [4.78, 5) is 2.37. The lowest BCUT2D eigenvalue weighted by atomic mass is 10.1. The van der Waals surface area contributed by atoms with E-state index in [1.807, 2.05) is 0 Å². The van der Waals surface area contributed by atoms with Crippen LogP contribution < -0.4 is 5.32 Å². The number of rotatable bonds is 9. The Morgan fingerprint density at radius 3 is 2.53 bits per heavy atom. The van der Waals surface area contributed by atoms with Crippen LogP contribution in [-0.4, -0.2) is 48.8 Å². The first-order valence-electron chi connectivity index (χ1n) is 7.29. The number of nitrogens with one attached hydrogen (secondary N) is 1. The molecule has 0 aromatic rings. The van der Waals surface area contributed by atoms with E-state index < -0.39 is 0 Å². The highest BCUT2D eigenvalue weighted by molar-refractivity contribution is 4.71. The lowest BCUT2D eigenvalue weighted by Crippen LogP contribution is -2.37. The van der Waals surface area contributed by atoms with Gasteiger partial charge in [-0.2, -0.15) is 0 Å². The largest absolute Gasteiger partial charge is 0.390 e. The summed E-state index contributed by atoms with van der Waals surface area (Å²) in [5, 5.41) is 13.2. The number of likely N-dealkylation sites (tertiary alicyclic amines) is 1. The molecule has 3 nitrogen and oxygen atoms in total. The number of hydrogen-bond acceptors (Lipinski definition) is 3. The first-order chi connectivity index (χ1) is 8.18. The lowest BCUT2D eigenvalue weighted by Gasteiger charge is -2.19. The van der Waals surface area contributed by atoms with E-state index in [2.05, 4.69) is 24.1 Å². The van der Waals surface area contributed by atoms with E-state index in [0.29, 0.717) is 0 Å². The van der Waals surface area contributed by atoms with Gasteiger partial charge >= 0.3 is 0 Å². The zero-order valence-electron chi connectivity index (χ0n) is 11.6. The summed E-state index contributed by atoms with van der Waals surface area (Å²) in [6, 6.07) is 0. The molecule has 1 heterocycles. The van der Waals surface area contributed by atoms with Crippen molar-refractivity contribution in [3.05, 3.63) is 0 Å². The zero-order valence-corrected chi connectivity index (χ0v) is 11.6. The Balaban J connectivity index is 1.87. The number of hydrogen-bond donors (Lipinski definition) is 2. The Morgan fingerprint density at radius 1 is 1.18 bits per heavy atom. The van der Waals surface area contributed by atoms with E-state index in [0.717, 1.165) is 25.6 Å². The van der Waals surface area contributed by atoms with Crippen LogP contribution in [0, 0.1) is 5.92 Å². The minimum Gasteiger partial charge on any atom is -0.390 e. The van der Waals surface area contributed by atoms with Gasteiger partial charge in [-0.15, -0.1) is 0 Å². The highest BCUT2D eigenvalue weighted by Crippen LogP contribution is 2.07. The Labute approximate surface area is 107 Å². The summed E-state index contributed by atoms with van der Waals surface area (Å²) in [5.74, 6) is 0.816. The summed E-state index contributed by atoms with van der Waals surface area (Å²) in [6.07, 6.45) is 6.25. The normalized spacial score (nSPS) is 19.1. The molecule has 0 radical (unpaired) electrons. The number of β-amino-alcohol motifs (C(OH)–C–C–N with tert-alkyl or cyclic N) is 1. The van der Waals surface area contributed by atoms with Crippen LogP contribution in [0.15, 0.2) is 0 Å². The highest BCUT2D eigenvalue weighted by atomic mass is 16.3. The van der Waals surface area contributed by atoms with Gasteiger partial charge in [0, 0.05) is 13.1 Å². The molecule has 17 heavy (non-hydrogen) atoms. The first kappa shape index (κ1) is 14.9. The third-order valence-corrected chi connectivity index (χ3v) is 3.43. The topological polar surface area (TPSA) is 35.5 Å². The Morgan fingerprint density at radius 2 is 1.88 bits per heavy atom. The van der Waals surface area contributed by atoms with Crippen molar-refractivity contribution in [3.8, 4) is 0 Å². The average Bonchev–Trinajstić information content (AvgIpc) is 2.75. The molecule has 0 bridgehead atoms. The fourth-order valence-corrected chi connectivity index (χ4v) is 2.40. The molecule has 1 unspecified atom stereocenters. The van der Waals surface area contributed by atoms with Crippen LogP contribution >= 0.6 is 0 Å². The van der Waals surface area contributed by atoms with Crippen LogP contribution in [0.5, 0.6) is 0 Å². The molecule has 0 aliphatic carbocycles. The Bertz CT molecular complexity index is 179. The summed E-state index contributed by atoms with van der Waals surface area (Å²) in [5.41, 5.74) is 0. The fraction of sp³-hybridized carbons (Fsp3) is 1.00. The van der Waals surface area contributed by atoms with Crippen molar-refractivity contribution < 1.29 is 5.11 Å². The molecule has 1 saturated heterocycles. The molecule has 0 amide bonds. The van der Waals surface area contributed by atoms with E-state index in [9.17, 15) is 5.11 Å². The Kier molecular flexibility index (Phi) is 7.82. The molecular weight excluding hydrogens is 212 g/mol. The van der Waals surface area contributed by atoms with Crippen molar-refractivity contribution in [2.24, 2.45) is 5.92 Å². The van der Waals surface area contributed by atoms with Gasteiger partial charge in [-0.25, -0.2) is 0 Å². The van der Waals surface area contributed by atoms with Crippen molar-refractivity contribution in [3.63, 3.8) is 0 Å². The highest BCUT2D eigenvalue weighted by Gasteiger charge is 2.14. The van der Waals surface area contributed by atoms with Gasteiger partial charge in [-0.3, -0.25) is 0 Å². The van der Waals surface area contributed by atoms with E-state index in [-0.39, 0.29) is 6.10 Å². The lowest BCUT2D eigenvalue weighted by molar-refractivity contribution is 0.123. The second-order valence-corrected chi connectivity index (χ2v) is 5.76. The van der Waals surface area contributed by atoms with Gasteiger partial charge in [0.1, 0.15) is 0 Å². The Hall–Kier alpha value is -0.120. The summed E-state index contributed by atoms with van der Waals surface area (Å²) in [6.45, 7) is 9.53. The predicted molar refractivity (Wildman–Crippen MR) is 73.2 cm³/mol. The zero-order chi connectivity index (χ0) is 12.5. The van der Waals surface area contributed by atoms with Crippen molar-refractivity contribution in [2.45, 2.75) is 52.1 Å². The average molecular weight is 242 g/mol. The van der Waals surface area contributed by atoms with Crippen molar-refractivity contribution >= 4 is 0 Å². The molecule has 1 rings (SSSR count). The summed E-state index contributed by atoms with van der Waals surface area (Å²) in [7, 11) is 0. The van der Waals surface area contributed by atoms with E-state index in [1.165, 1.54) is 45.2 Å². The van der Waals surface area contributed by atoms with Crippen LogP contribution in [0.4, 0.5) is 0 Å². The summed E-state index contributed by atoms with van der Waals surface area (Å²) < 4.78 is 0. The smallest absolute Gasteiger partial charge is 0.0791 e. The molecule has 3 heteroatoms. The molecule has 0 spiro atoms. The second kappa shape index (κ2) is 8.90. The van der Waals surface area contributed by atoms with Crippen LogP contribution in [0.2, 0.25) is 0 Å². The molecule has 1 aliphatic rings. The third kappa shape index (κ3) is 7.74. The molecule has 1 atom stereocenters. The van der Waals surface area contributed by atoms with Crippen LogP contribution in [-0.2, 0) is 0 Å². The van der Waals surface area contributed by atoms with Crippen molar-refractivity contribution in [1.29, 1.82) is 0 Å². The molecule has 1 aliphatic heterocycles. The van der Waals surface area contributed by atoms with Gasteiger partial charge in [0.05, 0.1) is 6.10 Å². The van der Waals surface area contributed by atoms with Gasteiger partial charge < -0.3 is 15.3 Å². The van der Waals surface area contributed by atoms with E-state index in [4.69, 9.17) is 0 Å². The van der Waals surface area contributed by atoms with Crippen molar-refractivity contribution in [1.82, 2.24) is 10.2 Å². The minimum absolute atomic E-state index is 0.196. The van der Waals surface area contributed by atoms with E-state index in [1.54, 1.807) is 0 Å². The second-order valence-electron chi connectivity index (χ2n) is 5.76. The maximum atomic E-state index is 9.85. The quantitative estimate of drug-likeness (QED) is 0.606. The molecule has 102 valence electrons. The molecule has 2 N–H and O–H groups in total. The predicted octanol–water partition coefficient (Wildman–Crippen LogP) is 1.86. The summed E-state index contributed by atoms with van der Waals surface area (Å²) >= 11 is 0. The number of aliphatic hydroxyl groups excluding tert-OH is 1. The molecule has 0 aromatic carbocycles. The standard InChI is InChI=1S/C14H30N2O/c1-13(2)7-3-4-8-15-11-14(17)12-16-9-5-6-10-16/h13-15,17H,3-12H2,1-2H3. The number of nitrogens with zero attached hydrogens (tertiary/aromatic N) is 1. The van der Waals surface area contributed by atoms with Crippen LogP contribution in [0.3, 0.4) is 0 Å². The monoisotopic (exact) mass is 242 g/mol. The third-order valence-electron chi connectivity index (χ3n) is 3.43. The minimum atomic E-state index is -0.196. The number of unbranched alkanes of at least 4 members (excludes halogenated alkanes) is 1. The van der Waals surface area contributed by atoms with E-state index >= 15 is 0 Å². The molecule has 0 saturated carbocycles. The molecular formula is C14H30N2O. The number of aliphatic hydroxyl groups is 1. The van der Waals surface area contributed by atoms with Crippen LogP contribution in [0.25, 0.3) is 0 Å². The van der Waals surface area contributed by atoms with Gasteiger partial charge in [0.15, 0.2) is 0 Å². The van der Waals surface area contributed by atoms with Gasteiger partial charge in [0.25, 0.3) is 0 Å². The molecule has 0 aromatic heterocycles. The first-order valence-corrected chi connectivity index (χ1v) is 7.29.